The van der Waals surface area contributed by atoms with Crippen molar-refractivity contribution in [2.24, 2.45) is 0 Å². The number of carbonyl (C=O) groups excluding carboxylic acids is 3. The second-order valence-electron chi connectivity index (χ2n) is 22.0. The molecule has 0 saturated heterocycles. The van der Waals surface area contributed by atoms with Crippen molar-refractivity contribution in [2.75, 3.05) is 13.2 Å². The maximum atomic E-state index is 12.8. The van der Waals surface area contributed by atoms with Crippen molar-refractivity contribution >= 4 is 17.9 Å². The standard InChI is InChI=1S/C65H124O6/c1-4-7-10-13-16-19-22-24-26-27-28-29-30-31-32-33-34-35-36-37-38-39-40-42-43-46-49-52-55-58-64(67)70-61-62(60-69-63(66)57-54-51-48-45-21-18-15-12-9-6-3)71-65(68)59-56-53-50-47-44-41-25-23-20-17-14-11-8-5-2/h23,25,62H,4-22,24,26-61H2,1-3H3/b25-23-. The molecule has 0 aromatic rings. The molecule has 0 rings (SSSR count). The van der Waals surface area contributed by atoms with E-state index in [2.05, 4.69) is 32.9 Å². The molecule has 0 aromatic carbocycles. The number of ether oxygens (including phenoxy) is 3. The molecule has 0 heterocycles. The number of hydrogen-bond donors (Lipinski definition) is 0. The van der Waals surface area contributed by atoms with Crippen LogP contribution in [0, 0.1) is 0 Å². The van der Waals surface area contributed by atoms with Crippen LogP contribution >= 0.6 is 0 Å². The Balaban J connectivity index is 4.06. The predicted molar refractivity (Wildman–Crippen MR) is 307 cm³/mol. The van der Waals surface area contributed by atoms with Gasteiger partial charge in [-0.05, 0) is 44.9 Å². The van der Waals surface area contributed by atoms with Gasteiger partial charge >= 0.3 is 17.9 Å². The van der Waals surface area contributed by atoms with Gasteiger partial charge in [-0.2, -0.15) is 0 Å². The molecule has 0 aromatic heterocycles. The van der Waals surface area contributed by atoms with Crippen LogP contribution in [0.5, 0.6) is 0 Å². The first-order valence-corrected chi connectivity index (χ1v) is 32.2. The van der Waals surface area contributed by atoms with Gasteiger partial charge in [0.25, 0.3) is 0 Å². The van der Waals surface area contributed by atoms with E-state index in [1.54, 1.807) is 0 Å². The lowest BCUT2D eigenvalue weighted by Gasteiger charge is -2.18. The van der Waals surface area contributed by atoms with Crippen molar-refractivity contribution in [1.82, 2.24) is 0 Å². The zero-order valence-electron chi connectivity index (χ0n) is 48.3. The van der Waals surface area contributed by atoms with Gasteiger partial charge in [-0.1, -0.05) is 315 Å². The van der Waals surface area contributed by atoms with Gasteiger partial charge in [-0.3, -0.25) is 14.4 Å². The van der Waals surface area contributed by atoms with Gasteiger partial charge in [0.1, 0.15) is 13.2 Å². The van der Waals surface area contributed by atoms with E-state index in [1.165, 1.54) is 263 Å². The highest BCUT2D eigenvalue weighted by molar-refractivity contribution is 5.71. The quantitative estimate of drug-likeness (QED) is 0.0261. The van der Waals surface area contributed by atoms with Gasteiger partial charge in [0, 0.05) is 19.3 Å². The normalized spacial score (nSPS) is 12.0. The summed E-state index contributed by atoms with van der Waals surface area (Å²) in [5.41, 5.74) is 0. The van der Waals surface area contributed by atoms with Gasteiger partial charge < -0.3 is 14.2 Å². The predicted octanol–water partition coefficient (Wildman–Crippen LogP) is 21.7. The molecule has 6 nitrogen and oxygen atoms in total. The number of allylic oxidation sites excluding steroid dienone is 2. The summed E-state index contributed by atoms with van der Waals surface area (Å²) in [6, 6.07) is 0. The molecule has 0 fully saturated rings. The van der Waals surface area contributed by atoms with E-state index in [-0.39, 0.29) is 31.1 Å². The third-order valence-electron chi connectivity index (χ3n) is 14.8. The van der Waals surface area contributed by atoms with Crippen LogP contribution in [0.25, 0.3) is 0 Å². The molecule has 1 unspecified atom stereocenters. The first kappa shape index (κ1) is 69.2. The number of esters is 3. The van der Waals surface area contributed by atoms with Crippen molar-refractivity contribution in [2.45, 2.75) is 374 Å². The smallest absolute Gasteiger partial charge is 0.306 e. The monoisotopic (exact) mass is 1000 g/mol. The lowest BCUT2D eigenvalue weighted by Crippen LogP contribution is -2.30. The molecule has 71 heavy (non-hydrogen) atoms. The number of rotatable bonds is 60. The summed E-state index contributed by atoms with van der Waals surface area (Å²) in [6.07, 6.45) is 71.0. The molecule has 420 valence electrons. The summed E-state index contributed by atoms with van der Waals surface area (Å²) in [7, 11) is 0. The molecule has 0 radical (unpaired) electrons. The van der Waals surface area contributed by atoms with Gasteiger partial charge in [0.2, 0.25) is 0 Å². The summed E-state index contributed by atoms with van der Waals surface area (Å²) < 4.78 is 16.9. The van der Waals surface area contributed by atoms with E-state index >= 15 is 0 Å². The molecule has 0 amide bonds. The van der Waals surface area contributed by atoms with Gasteiger partial charge in [0.05, 0.1) is 0 Å². The highest BCUT2D eigenvalue weighted by atomic mass is 16.6. The zero-order valence-corrected chi connectivity index (χ0v) is 48.3. The minimum absolute atomic E-state index is 0.0675. The lowest BCUT2D eigenvalue weighted by atomic mass is 10.0. The molecule has 0 aliphatic heterocycles. The number of hydrogen-bond acceptors (Lipinski definition) is 6. The topological polar surface area (TPSA) is 78.9 Å². The van der Waals surface area contributed by atoms with E-state index in [0.717, 1.165) is 64.2 Å². The Morgan fingerprint density at radius 1 is 0.268 bits per heavy atom. The average molecular weight is 1000 g/mol. The maximum Gasteiger partial charge on any atom is 0.306 e. The van der Waals surface area contributed by atoms with E-state index in [0.29, 0.717) is 19.3 Å². The largest absolute Gasteiger partial charge is 0.462 e. The Hall–Kier alpha value is -1.85. The lowest BCUT2D eigenvalue weighted by molar-refractivity contribution is -0.167. The first-order chi connectivity index (χ1) is 35.0. The van der Waals surface area contributed by atoms with Crippen LogP contribution in [-0.2, 0) is 28.6 Å². The fourth-order valence-electron chi connectivity index (χ4n) is 9.91. The minimum atomic E-state index is -0.768. The van der Waals surface area contributed by atoms with Crippen molar-refractivity contribution in [1.29, 1.82) is 0 Å². The van der Waals surface area contributed by atoms with Crippen LogP contribution in [-0.4, -0.2) is 37.2 Å². The summed E-state index contributed by atoms with van der Waals surface area (Å²) in [5, 5.41) is 0. The van der Waals surface area contributed by atoms with Crippen molar-refractivity contribution in [3.63, 3.8) is 0 Å². The average Bonchev–Trinajstić information content (AvgIpc) is 3.37. The fourth-order valence-corrected chi connectivity index (χ4v) is 9.91. The maximum absolute atomic E-state index is 12.8. The third-order valence-corrected chi connectivity index (χ3v) is 14.8. The van der Waals surface area contributed by atoms with Crippen molar-refractivity contribution in [3.8, 4) is 0 Å². The third kappa shape index (κ3) is 58.9. The molecule has 0 N–H and O–H groups in total. The Labute approximate surface area is 443 Å². The van der Waals surface area contributed by atoms with Crippen molar-refractivity contribution < 1.29 is 28.6 Å². The molecular weight excluding hydrogens is 877 g/mol. The van der Waals surface area contributed by atoms with Crippen LogP contribution in [0.4, 0.5) is 0 Å². The fraction of sp³-hybridized carbons (Fsp3) is 0.923. The van der Waals surface area contributed by atoms with Crippen LogP contribution in [0.3, 0.4) is 0 Å². The summed E-state index contributed by atoms with van der Waals surface area (Å²) in [4.78, 5) is 38.1. The van der Waals surface area contributed by atoms with Gasteiger partial charge in [0.15, 0.2) is 6.10 Å². The van der Waals surface area contributed by atoms with Crippen LogP contribution < -0.4 is 0 Å². The van der Waals surface area contributed by atoms with Crippen molar-refractivity contribution in [3.05, 3.63) is 12.2 Å². The van der Waals surface area contributed by atoms with E-state index in [4.69, 9.17) is 14.2 Å². The molecule has 0 aliphatic rings. The Morgan fingerprint density at radius 3 is 0.704 bits per heavy atom. The van der Waals surface area contributed by atoms with E-state index < -0.39 is 6.10 Å². The summed E-state index contributed by atoms with van der Waals surface area (Å²) in [6.45, 7) is 6.67. The highest BCUT2D eigenvalue weighted by Gasteiger charge is 2.19. The number of carbonyl (C=O) groups is 3. The molecule has 0 aliphatic carbocycles. The molecular formula is C65H124O6. The summed E-state index contributed by atoms with van der Waals surface area (Å²) in [5.74, 6) is -0.853. The number of unbranched alkanes of at least 4 members (excludes halogenated alkanes) is 47. The van der Waals surface area contributed by atoms with Crippen LogP contribution in [0.15, 0.2) is 12.2 Å². The zero-order chi connectivity index (χ0) is 51.4. The van der Waals surface area contributed by atoms with Gasteiger partial charge in [-0.25, -0.2) is 0 Å². The second-order valence-corrected chi connectivity index (χ2v) is 22.0. The first-order valence-electron chi connectivity index (χ1n) is 32.2. The van der Waals surface area contributed by atoms with Crippen LogP contribution in [0.1, 0.15) is 367 Å². The van der Waals surface area contributed by atoms with E-state index in [9.17, 15) is 14.4 Å². The molecule has 1 atom stereocenters. The SMILES string of the molecule is CCCCCCC/C=C\CCCCCCCC(=O)OC(COC(=O)CCCCCCCCCCCC)COC(=O)CCCCCCCCCCCCCCCCCCCCCCCCCCCCCCC. The van der Waals surface area contributed by atoms with E-state index in [1.807, 2.05) is 0 Å². The Bertz CT molecular complexity index is 1100. The summed E-state index contributed by atoms with van der Waals surface area (Å²) >= 11 is 0. The minimum Gasteiger partial charge on any atom is -0.462 e. The Morgan fingerprint density at radius 2 is 0.465 bits per heavy atom. The highest BCUT2D eigenvalue weighted by Crippen LogP contribution is 2.18. The molecule has 0 bridgehead atoms. The second kappa shape index (κ2) is 60.7. The Kier molecular flexibility index (Phi) is 59.1. The molecule has 6 heteroatoms. The molecule has 0 spiro atoms. The molecule has 0 saturated carbocycles. The van der Waals surface area contributed by atoms with Crippen LogP contribution in [0.2, 0.25) is 0 Å². The van der Waals surface area contributed by atoms with Gasteiger partial charge in [-0.15, -0.1) is 0 Å².